The molecule has 0 saturated carbocycles. The van der Waals surface area contributed by atoms with Crippen LogP contribution in [0.3, 0.4) is 0 Å². The lowest BCUT2D eigenvalue weighted by atomic mass is 10.1. The molecular weight excluding hydrogens is 795 g/mol. The number of aliphatic carboxylic acids is 1. The number of urea groups is 1. The lowest BCUT2D eigenvalue weighted by Crippen LogP contribution is -2.47. The van der Waals surface area contributed by atoms with E-state index in [0.29, 0.717) is 31.8 Å². The minimum atomic E-state index is -1.09. The fraction of sp³-hybridized carbons (Fsp3) is 0.488. The second-order valence-electron chi connectivity index (χ2n) is 13.9. The second-order valence-corrected chi connectivity index (χ2v) is 13.9. The van der Waals surface area contributed by atoms with Gasteiger partial charge in [-0.05, 0) is 61.5 Å². The fourth-order valence-electron chi connectivity index (χ4n) is 6.11. The van der Waals surface area contributed by atoms with Crippen molar-refractivity contribution < 1.29 is 52.9 Å². The van der Waals surface area contributed by atoms with Gasteiger partial charge in [0.15, 0.2) is 0 Å². The first-order valence-corrected chi connectivity index (χ1v) is 20.0. The summed E-state index contributed by atoms with van der Waals surface area (Å²) in [5.74, 6) is -3.54. The number of para-hydroxylation sites is 1. The largest absolute Gasteiger partial charge is 0.481 e. The first-order chi connectivity index (χ1) is 29.4. The smallest absolute Gasteiger partial charge is 0.312 e. The van der Waals surface area contributed by atoms with Crippen molar-refractivity contribution in [3.63, 3.8) is 0 Å². The average Bonchev–Trinajstić information content (AvgIpc) is 3.58. The summed E-state index contributed by atoms with van der Waals surface area (Å²) in [4.78, 5) is 86.1. The van der Waals surface area contributed by atoms with Gasteiger partial charge >= 0.3 is 12.0 Å². The van der Waals surface area contributed by atoms with Crippen LogP contribution in [-0.2, 0) is 62.7 Å². The maximum atomic E-state index is 13.0. The van der Waals surface area contributed by atoms with E-state index in [2.05, 4.69) is 43.3 Å². The summed E-state index contributed by atoms with van der Waals surface area (Å²) >= 11 is 0. The van der Waals surface area contributed by atoms with Crippen LogP contribution in [0, 0.1) is 0 Å². The Morgan fingerprint density at radius 1 is 0.754 bits per heavy atom. The highest BCUT2D eigenvalue weighted by atomic mass is 16.5. The predicted octanol–water partition coefficient (Wildman–Crippen LogP) is 0.475. The molecular formula is C41H59N9O11. The van der Waals surface area contributed by atoms with E-state index in [9.17, 15) is 38.7 Å². The molecule has 0 radical (unpaired) electrons. The number of nitrogens with zero attached hydrogens (tertiary/aromatic N) is 1. The number of aryl methyl sites for hydroxylation is 1. The van der Waals surface area contributed by atoms with Crippen LogP contribution < -0.4 is 43.0 Å². The average molecular weight is 854 g/mol. The van der Waals surface area contributed by atoms with Gasteiger partial charge in [0, 0.05) is 69.4 Å². The summed E-state index contributed by atoms with van der Waals surface area (Å²) in [5, 5.41) is 29.0. The maximum Gasteiger partial charge on any atom is 0.312 e. The summed E-state index contributed by atoms with van der Waals surface area (Å²) in [6.07, 6.45) is 0.174. The van der Waals surface area contributed by atoms with Crippen molar-refractivity contribution in [3.8, 4) is 0 Å². The highest BCUT2D eigenvalue weighted by Crippen LogP contribution is 2.20. The van der Waals surface area contributed by atoms with Gasteiger partial charge in [-0.1, -0.05) is 30.3 Å². The number of anilines is 1. The summed E-state index contributed by atoms with van der Waals surface area (Å²) in [5.41, 5.74) is 8.52. The number of fused-ring (bicyclic) bond motifs is 1. The molecule has 334 valence electrons. The number of carbonyl (C=O) groups is 7. The molecule has 3 rings (SSSR count). The highest BCUT2D eigenvalue weighted by Gasteiger charge is 2.23. The topological polar surface area (TPSA) is 283 Å². The van der Waals surface area contributed by atoms with Gasteiger partial charge < -0.3 is 66.8 Å². The third kappa shape index (κ3) is 19.2. The molecule has 1 heterocycles. The molecule has 0 unspecified atom stereocenters. The summed E-state index contributed by atoms with van der Waals surface area (Å²) in [7, 11) is 3.41. The normalized spacial score (nSPS) is 11.9. The van der Waals surface area contributed by atoms with Gasteiger partial charge in [-0.15, -0.1) is 0 Å². The molecule has 0 fully saturated rings. The van der Waals surface area contributed by atoms with Crippen molar-refractivity contribution in [3.05, 3.63) is 65.9 Å². The van der Waals surface area contributed by atoms with E-state index in [1.54, 1.807) is 31.4 Å². The summed E-state index contributed by atoms with van der Waals surface area (Å²) < 4.78 is 18.1. The number of hydrogen-bond donors (Lipinski definition) is 9. The van der Waals surface area contributed by atoms with Crippen molar-refractivity contribution in [2.24, 2.45) is 5.73 Å². The van der Waals surface area contributed by atoms with Gasteiger partial charge in [0.1, 0.15) is 12.1 Å². The Bertz CT molecular complexity index is 1890. The summed E-state index contributed by atoms with van der Waals surface area (Å²) in [6, 6.07) is 14.2. The first kappa shape index (κ1) is 49.3. The van der Waals surface area contributed by atoms with E-state index < -0.39 is 47.7 Å². The van der Waals surface area contributed by atoms with E-state index in [4.69, 9.17) is 19.9 Å². The molecule has 2 aromatic carbocycles. The second kappa shape index (κ2) is 27.6. The minimum absolute atomic E-state index is 0.0386. The van der Waals surface area contributed by atoms with Crippen LogP contribution in [0.1, 0.15) is 49.8 Å². The third-order valence-corrected chi connectivity index (χ3v) is 9.11. The number of methoxy groups -OCH3 is 1. The Morgan fingerprint density at radius 3 is 2.16 bits per heavy atom. The zero-order valence-corrected chi connectivity index (χ0v) is 34.7. The number of carboxylic acids is 1. The standard InChI is InChI=1S/C41H59N9O11/c1-43-25-31-24-29-6-3-4-8-34(29)50(31)19-15-36(52)48-33(13-14-38(54)55)39(56)44-18-21-61-23-22-60-20-16-35(51)46-26-37(53)49-32(7-5-17-45-41(42)58)40(57)47-30-11-9-28(10-12-30)27-59-2/h3-4,6,8-12,24,32-33,43H,5,7,13-23,25-27H2,1-2H3,(H,44,56)(H,46,51)(H,47,57)(H,48,52)(H,49,53)(H,54,55)(H3,42,45,58)/t32-,33-/m0/s1. The molecule has 0 bridgehead atoms. The lowest BCUT2D eigenvalue weighted by molar-refractivity contribution is -0.138. The number of carbonyl (C=O) groups excluding carboxylic acids is 6. The molecule has 2 atom stereocenters. The zero-order chi connectivity index (χ0) is 44.4. The van der Waals surface area contributed by atoms with Crippen molar-refractivity contribution in [1.29, 1.82) is 0 Å². The summed E-state index contributed by atoms with van der Waals surface area (Å²) in [6.45, 7) is 1.75. The number of aromatic nitrogens is 1. The van der Waals surface area contributed by atoms with E-state index >= 15 is 0 Å². The Kier molecular flexibility index (Phi) is 22.3. The molecule has 20 nitrogen and oxygen atoms in total. The van der Waals surface area contributed by atoms with E-state index in [0.717, 1.165) is 22.2 Å². The molecule has 0 aliphatic rings. The van der Waals surface area contributed by atoms with E-state index in [1.165, 1.54) is 0 Å². The molecule has 0 saturated heterocycles. The lowest BCUT2D eigenvalue weighted by Gasteiger charge is -2.19. The van der Waals surface area contributed by atoms with Gasteiger partial charge in [0.2, 0.25) is 29.5 Å². The number of nitrogens with two attached hydrogens (primary N) is 1. The van der Waals surface area contributed by atoms with Gasteiger partial charge in [-0.3, -0.25) is 28.8 Å². The van der Waals surface area contributed by atoms with Crippen LogP contribution in [-0.4, -0.2) is 124 Å². The number of ether oxygens (including phenoxy) is 3. The van der Waals surface area contributed by atoms with E-state index in [-0.39, 0.29) is 84.1 Å². The molecule has 1 aromatic heterocycles. The Morgan fingerprint density at radius 2 is 1.46 bits per heavy atom. The first-order valence-electron chi connectivity index (χ1n) is 20.0. The van der Waals surface area contributed by atoms with Crippen LogP contribution in [0.4, 0.5) is 10.5 Å². The molecule has 3 aromatic rings. The van der Waals surface area contributed by atoms with Crippen molar-refractivity contribution in [2.75, 3.05) is 65.5 Å². The number of primary amides is 1. The molecule has 61 heavy (non-hydrogen) atoms. The zero-order valence-electron chi connectivity index (χ0n) is 34.7. The van der Waals surface area contributed by atoms with E-state index in [1.807, 2.05) is 35.9 Å². The monoisotopic (exact) mass is 853 g/mol. The Balaban J connectivity index is 1.31. The predicted molar refractivity (Wildman–Crippen MR) is 225 cm³/mol. The number of hydrogen-bond acceptors (Lipinski definition) is 11. The SMILES string of the molecule is CNCc1cc2ccccc2n1CCC(=O)N[C@@H](CCC(=O)O)C(=O)NCCOCCOCCC(=O)NCC(=O)N[C@@H](CCCNC(N)=O)C(=O)Nc1ccc(COC)cc1. The molecule has 7 amide bonds. The maximum absolute atomic E-state index is 13.0. The number of amides is 7. The van der Waals surface area contributed by atoms with Crippen LogP contribution >= 0.6 is 0 Å². The van der Waals surface area contributed by atoms with Crippen molar-refractivity contribution in [2.45, 2.75) is 70.3 Å². The Hall–Kier alpha value is -6.09. The molecule has 10 N–H and O–H groups in total. The number of benzene rings is 2. The quantitative estimate of drug-likeness (QED) is 0.0414. The Labute approximate surface area is 354 Å². The fourth-order valence-corrected chi connectivity index (χ4v) is 6.11. The van der Waals surface area contributed by atoms with Gasteiger partial charge in [0.25, 0.3) is 0 Å². The number of rotatable bonds is 30. The highest BCUT2D eigenvalue weighted by molar-refractivity contribution is 5.97. The van der Waals surface area contributed by atoms with Crippen molar-refractivity contribution in [1.82, 2.24) is 36.5 Å². The van der Waals surface area contributed by atoms with Gasteiger partial charge in [-0.25, -0.2) is 4.79 Å². The third-order valence-electron chi connectivity index (χ3n) is 9.11. The molecule has 0 spiro atoms. The van der Waals surface area contributed by atoms with Crippen LogP contribution in [0.15, 0.2) is 54.6 Å². The minimum Gasteiger partial charge on any atom is -0.481 e. The van der Waals surface area contributed by atoms with Crippen LogP contribution in [0.2, 0.25) is 0 Å². The van der Waals surface area contributed by atoms with Gasteiger partial charge in [-0.2, -0.15) is 0 Å². The number of nitrogens with one attached hydrogen (secondary N) is 7. The molecule has 0 aliphatic carbocycles. The van der Waals surface area contributed by atoms with Crippen molar-refractivity contribution >= 4 is 58.1 Å². The molecule has 20 heteroatoms. The molecule has 0 aliphatic heterocycles. The number of carboxylic acid groups (broad SMARTS) is 1. The van der Waals surface area contributed by atoms with Crippen LogP contribution in [0.25, 0.3) is 10.9 Å². The van der Waals surface area contributed by atoms with Crippen LogP contribution in [0.5, 0.6) is 0 Å². The van der Waals surface area contributed by atoms with Gasteiger partial charge in [0.05, 0.1) is 39.6 Å².